The summed E-state index contributed by atoms with van der Waals surface area (Å²) in [6.07, 6.45) is 59.5. The maximum Gasteiger partial charge on any atom is 0.268 e. The molecule has 0 spiro atoms. The lowest BCUT2D eigenvalue weighted by molar-refractivity contribution is -0.870. The minimum absolute atomic E-state index is 0.0143. The zero-order chi connectivity index (χ0) is 48.5. The van der Waals surface area contributed by atoms with Crippen LogP contribution in [0.3, 0.4) is 0 Å². The number of aliphatic hydroxyl groups excluding tert-OH is 1. The van der Waals surface area contributed by atoms with Crippen LogP contribution in [0.5, 0.6) is 0 Å². The van der Waals surface area contributed by atoms with E-state index in [1.165, 1.54) is 231 Å². The number of unbranched alkanes of at least 4 members (excludes halogenated alkanes) is 39. The molecule has 3 atom stereocenters. The van der Waals surface area contributed by atoms with Gasteiger partial charge in [-0.15, -0.1) is 0 Å². The Morgan fingerprint density at radius 2 is 0.833 bits per heavy atom. The molecule has 0 aromatic rings. The molecule has 0 rings (SSSR count). The van der Waals surface area contributed by atoms with Gasteiger partial charge in [-0.25, -0.2) is 0 Å². The molecule has 9 heteroatoms. The van der Waals surface area contributed by atoms with Crippen LogP contribution >= 0.6 is 7.82 Å². The summed E-state index contributed by atoms with van der Waals surface area (Å²) in [6.45, 7) is 4.77. The molecule has 0 aliphatic heterocycles. The van der Waals surface area contributed by atoms with Gasteiger partial charge in [0.2, 0.25) is 5.91 Å². The standard InChI is InChI=1S/C57H115N2O6P/c1-6-8-10-12-14-16-18-20-22-24-26-28-29-31-32-34-36-38-40-42-44-46-48-50-56(60)55(54-65-66(62,63)64-53-52-59(3,4)5)58-57(61)51-49-47-45-43-41-39-37-35-33-30-27-25-23-21-19-17-15-13-11-9-7-2/h25,27,55-56,60H,6-24,26,28-54H2,1-5H3,(H-,58,61,62,63)/b27-25-. The van der Waals surface area contributed by atoms with Gasteiger partial charge >= 0.3 is 0 Å². The van der Waals surface area contributed by atoms with Crippen molar-refractivity contribution in [2.45, 2.75) is 309 Å². The topological polar surface area (TPSA) is 108 Å². The van der Waals surface area contributed by atoms with Crippen molar-refractivity contribution in [3.05, 3.63) is 12.2 Å². The third kappa shape index (κ3) is 51.1. The quantitative estimate of drug-likeness (QED) is 0.0272. The van der Waals surface area contributed by atoms with Gasteiger partial charge < -0.3 is 28.8 Å². The smallest absolute Gasteiger partial charge is 0.268 e. The maximum atomic E-state index is 13.0. The maximum absolute atomic E-state index is 13.0. The second kappa shape index (κ2) is 49.2. The molecule has 0 saturated heterocycles. The normalized spacial score (nSPS) is 14.0. The molecule has 0 radical (unpaired) electrons. The number of carbonyl (C=O) groups is 1. The molecule has 0 saturated carbocycles. The Kier molecular flexibility index (Phi) is 48.7. The molecule has 0 heterocycles. The van der Waals surface area contributed by atoms with E-state index in [0.717, 1.165) is 38.5 Å². The average molecular weight is 956 g/mol. The minimum atomic E-state index is -4.57. The van der Waals surface area contributed by atoms with Crippen LogP contribution in [0, 0.1) is 0 Å². The number of likely N-dealkylation sites (N-methyl/N-ethyl adjacent to an activating group) is 1. The Bertz CT molecular complexity index is 1080. The van der Waals surface area contributed by atoms with Crippen LogP contribution in [0.25, 0.3) is 0 Å². The van der Waals surface area contributed by atoms with Crippen LogP contribution in [-0.4, -0.2) is 68.5 Å². The number of hydrogen-bond acceptors (Lipinski definition) is 6. The predicted octanol–water partition coefficient (Wildman–Crippen LogP) is 16.8. The van der Waals surface area contributed by atoms with Gasteiger partial charge in [0.05, 0.1) is 39.9 Å². The summed E-state index contributed by atoms with van der Waals surface area (Å²) in [7, 11) is 1.32. The average Bonchev–Trinajstić information content (AvgIpc) is 3.28. The highest BCUT2D eigenvalue weighted by Gasteiger charge is 2.24. The van der Waals surface area contributed by atoms with Crippen LogP contribution < -0.4 is 10.2 Å². The van der Waals surface area contributed by atoms with Gasteiger partial charge in [0.1, 0.15) is 13.2 Å². The number of carbonyl (C=O) groups excluding carboxylic acids is 1. The van der Waals surface area contributed by atoms with Gasteiger partial charge in [0.25, 0.3) is 7.82 Å². The lowest BCUT2D eigenvalue weighted by Crippen LogP contribution is -2.46. The third-order valence-corrected chi connectivity index (χ3v) is 14.5. The zero-order valence-corrected chi connectivity index (χ0v) is 45.8. The number of nitrogens with zero attached hydrogens (tertiary/aromatic N) is 1. The lowest BCUT2D eigenvalue weighted by atomic mass is 10.0. The summed E-state index contributed by atoms with van der Waals surface area (Å²) in [6, 6.07) is -0.799. The van der Waals surface area contributed by atoms with Crippen molar-refractivity contribution in [2.24, 2.45) is 0 Å². The monoisotopic (exact) mass is 955 g/mol. The van der Waals surface area contributed by atoms with Crippen LogP contribution in [0.1, 0.15) is 296 Å². The van der Waals surface area contributed by atoms with Crippen molar-refractivity contribution in [3.63, 3.8) is 0 Å². The molecular formula is C57H115N2O6P. The van der Waals surface area contributed by atoms with Crippen molar-refractivity contribution in [1.82, 2.24) is 5.32 Å². The van der Waals surface area contributed by atoms with E-state index in [2.05, 4.69) is 31.3 Å². The Labute approximate surface area is 412 Å². The molecule has 0 aliphatic rings. The van der Waals surface area contributed by atoms with Crippen molar-refractivity contribution in [3.8, 4) is 0 Å². The molecule has 3 unspecified atom stereocenters. The number of aliphatic hydroxyl groups is 1. The second-order valence-corrected chi connectivity index (χ2v) is 22.8. The van der Waals surface area contributed by atoms with Crippen LogP contribution in [0.2, 0.25) is 0 Å². The first-order chi connectivity index (χ1) is 32.0. The molecule has 2 N–H and O–H groups in total. The van der Waals surface area contributed by atoms with E-state index in [1.54, 1.807) is 0 Å². The third-order valence-electron chi connectivity index (χ3n) is 13.5. The SMILES string of the molecule is CCCCCCCCCC/C=C\CCCCCCCCCCCC(=O)NC(COP(=O)([O-])OCC[N+](C)(C)C)C(O)CCCCCCCCCCCCCCCCCCCCCCCCC. The zero-order valence-electron chi connectivity index (χ0n) is 44.9. The molecule has 394 valence electrons. The van der Waals surface area contributed by atoms with Gasteiger partial charge in [-0.2, -0.15) is 0 Å². The Morgan fingerprint density at radius 1 is 0.515 bits per heavy atom. The highest BCUT2D eigenvalue weighted by atomic mass is 31.2. The summed E-state index contributed by atoms with van der Waals surface area (Å²) in [5.41, 5.74) is 0. The van der Waals surface area contributed by atoms with Crippen molar-refractivity contribution >= 4 is 13.7 Å². The van der Waals surface area contributed by atoms with E-state index in [9.17, 15) is 19.4 Å². The number of phosphoric acid groups is 1. The number of hydrogen-bond donors (Lipinski definition) is 2. The van der Waals surface area contributed by atoms with E-state index >= 15 is 0 Å². The summed E-state index contributed by atoms with van der Waals surface area (Å²) in [5, 5.41) is 14.0. The molecule has 0 aliphatic carbocycles. The number of rotatable bonds is 54. The Balaban J connectivity index is 4.15. The highest BCUT2D eigenvalue weighted by molar-refractivity contribution is 7.45. The molecule has 0 bridgehead atoms. The van der Waals surface area contributed by atoms with Gasteiger partial charge in [-0.05, 0) is 38.5 Å². The summed E-state index contributed by atoms with van der Waals surface area (Å²) in [5.74, 6) is -0.162. The van der Waals surface area contributed by atoms with Crippen molar-refractivity contribution in [2.75, 3.05) is 40.9 Å². The fraction of sp³-hybridized carbons (Fsp3) is 0.947. The Morgan fingerprint density at radius 3 is 1.18 bits per heavy atom. The van der Waals surface area contributed by atoms with E-state index < -0.39 is 20.0 Å². The van der Waals surface area contributed by atoms with Crippen LogP contribution in [-0.2, 0) is 18.4 Å². The summed E-state index contributed by atoms with van der Waals surface area (Å²) < 4.78 is 23.4. The van der Waals surface area contributed by atoms with Gasteiger partial charge in [0, 0.05) is 6.42 Å². The van der Waals surface area contributed by atoms with Crippen LogP contribution in [0.15, 0.2) is 12.2 Å². The number of allylic oxidation sites excluding steroid dienone is 2. The van der Waals surface area contributed by atoms with Crippen molar-refractivity contribution in [1.29, 1.82) is 0 Å². The van der Waals surface area contributed by atoms with Gasteiger partial charge in [-0.1, -0.05) is 264 Å². The molecule has 1 amide bonds. The molecular weight excluding hydrogens is 840 g/mol. The van der Waals surface area contributed by atoms with E-state index in [-0.39, 0.29) is 19.1 Å². The van der Waals surface area contributed by atoms with Gasteiger partial charge in [-0.3, -0.25) is 9.36 Å². The van der Waals surface area contributed by atoms with Gasteiger partial charge in [0.15, 0.2) is 0 Å². The number of amides is 1. The molecule has 0 fully saturated rings. The number of nitrogens with one attached hydrogen (secondary N) is 1. The van der Waals surface area contributed by atoms with E-state index in [4.69, 9.17) is 9.05 Å². The fourth-order valence-electron chi connectivity index (χ4n) is 8.92. The van der Waals surface area contributed by atoms with E-state index in [1.807, 2.05) is 21.1 Å². The highest BCUT2D eigenvalue weighted by Crippen LogP contribution is 2.38. The molecule has 66 heavy (non-hydrogen) atoms. The molecule has 0 aromatic carbocycles. The second-order valence-electron chi connectivity index (χ2n) is 21.4. The van der Waals surface area contributed by atoms with Crippen molar-refractivity contribution < 1.29 is 32.9 Å². The first-order valence-corrected chi connectivity index (χ1v) is 30.5. The molecule has 8 nitrogen and oxygen atoms in total. The number of quaternary nitrogens is 1. The first-order valence-electron chi connectivity index (χ1n) is 29.0. The lowest BCUT2D eigenvalue weighted by Gasteiger charge is -2.30. The summed E-state index contributed by atoms with van der Waals surface area (Å²) in [4.78, 5) is 25.5. The first kappa shape index (κ1) is 65.2. The summed E-state index contributed by atoms with van der Waals surface area (Å²) >= 11 is 0. The largest absolute Gasteiger partial charge is 0.756 e. The Hall–Kier alpha value is -0.760. The fourth-order valence-corrected chi connectivity index (χ4v) is 9.64. The predicted molar refractivity (Wildman–Crippen MR) is 284 cm³/mol. The number of phosphoric ester groups is 1. The molecule has 0 aromatic heterocycles. The van der Waals surface area contributed by atoms with Crippen LogP contribution in [0.4, 0.5) is 0 Å². The van der Waals surface area contributed by atoms with E-state index in [0.29, 0.717) is 23.9 Å². The minimum Gasteiger partial charge on any atom is -0.756 e.